The van der Waals surface area contributed by atoms with Gasteiger partial charge in [0.15, 0.2) is 0 Å². The summed E-state index contributed by atoms with van der Waals surface area (Å²) in [4.78, 5) is 4.10. The molecule has 1 aromatic carbocycles. The molecule has 1 heterocycles. The second-order valence-corrected chi connectivity index (χ2v) is 8.89. The van der Waals surface area contributed by atoms with Crippen LogP contribution in [0.2, 0.25) is 0 Å². The molecule has 5 heteroatoms. The second kappa shape index (κ2) is 9.11. The lowest BCUT2D eigenvalue weighted by Crippen LogP contribution is -2.32. The van der Waals surface area contributed by atoms with E-state index in [0.717, 1.165) is 17.5 Å². The third kappa shape index (κ3) is 6.25. The Morgan fingerprint density at radius 3 is 2.20 bits per heavy atom. The highest BCUT2D eigenvalue weighted by Gasteiger charge is 2.23. The van der Waals surface area contributed by atoms with Gasteiger partial charge in [0.25, 0.3) is 0 Å². The first kappa shape index (κ1) is 19.6. The van der Waals surface area contributed by atoms with Crippen molar-refractivity contribution < 1.29 is 8.42 Å². The van der Waals surface area contributed by atoms with Gasteiger partial charge in [0.2, 0.25) is 10.0 Å². The fourth-order valence-corrected chi connectivity index (χ4v) is 4.26. The van der Waals surface area contributed by atoms with Crippen molar-refractivity contribution in [1.29, 1.82) is 0 Å². The van der Waals surface area contributed by atoms with Crippen molar-refractivity contribution in [3.63, 3.8) is 0 Å². The number of aromatic nitrogens is 1. The summed E-state index contributed by atoms with van der Waals surface area (Å²) in [5.41, 5.74) is 3.17. The first-order valence-corrected chi connectivity index (χ1v) is 10.5. The van der Waals surface area contributed by atoms with Crippen LogP contribution in [0.25, 0.3) is 0 Å². The van der Waals surface area contributed by atoms with E-state index in [4.69, 9.17) is 0 Å². The van der Waals surface area contributed by atoms with Gasteiger partial charge in [-0.15, -0.1) is 0 Å². The SMILES string of the molecule is CCc1ccc(CN(Cc2cccnc2)S(=O)(=O)CCC(C)C)cc1. The van der Waals surface area contributed by atoms with E-state index in [0.29, 0.717) is 25.4 Å². The van der Waals surface area contributed by atoms with Gasteiger partial charge in [-0.2, -0.15) is 4.31 Å². The summed E-state index contributed by atoms with van der Waals surface area (Å²) >= 11 is 0. The van der Waals surface area contributed by atoms with Crippen molar-refractivity contribution in [2.24, 2.45) is 5.92 Å². The van der Waals surface area contributed by atoms with Crippen LogP contribution >= 0.6 is 0 Å². The minimum Gasteiger partial charge on any atom is -0.264 e. The smallest absolute Gasteiger partial charge is 0.214 e. The Kier molecular flexibility index (Phi) is 7.14. The van der Waals surface area contributed by atoms with Gasteiger partial charge >= 0.3 is 0 Å². The van der Waals surface area contributed by atoms with Gasteiger partial charge in [-0.05, 0) is 41.5 Å². The predicted octanol–water partition coefficient (Wildman–Crippen LogP) is 4.02. The van der Waals surface area contributed by atoms with Crippen molar-refractivity contribution in [3.8, 4) is 0 Å². The van der Waals surface area contributed by atoms with Gasteiger partial charge in [0.05, 0.1) is 5.75 Å². The Balaban J connectivity index is 2.21. The molecule has 0 bridgehead atoms. The van der Waals surface area contributed by atoms with Crippen LogP contribution in [0.5, 0.6) is 0 Å². The maximum atomic E-state index is 12.9. The zero-order chi connectivity index (χ0) is 18.3. The number of hydrogen-bond donors (Lipinski definition) is 0. The van der Waals surface area contributed by atoms with E-state index >= 15 is 0 Å². The van der Waals surface area contributed by atoms with Crippen LogP contribution in [-0.2, 0) is 29.5 Å². The number of hydrogen-bond acceptors (Lipinski definition) is 3. The molecular weight excluding hydrogens is 332 g/mol. The van der Waals surface area contributed by atoms with Gasteiger partial charge in [0.1, 0.15) is 0 Å². The molecule has 0 atom stereocenters. The molecule has 2 aromatic rings. The van der Waals surface area contributed by atoms with Crippen LogP contribution in [0.3, 0.4) is 0 Å². The lowest BCUT2D eigenvalue weighted by atomic mass is 10.1. The van der Waals surface area contributed by atoms with Crippen LogP contribution in [-0.4, -0.2) is 23.5 Å². The molecule has 0 fully saturated rings. The number of aryl methyl sites for hydroxylation is 1. The standard InChI is InChI=1S/C20H28N2O2S/c1-4-18-7-9-19(10-8-18)15-22(16-20-6-5-12-21-14-20)25(23,24)13-11-17(2)3/h5-10,12,14,17H,4,11,13,15-16H2,1-3H3. The maximum Gasteiger partial charge on any atom is 0.214 e. The van der Waals surface area contributed by atoms with Crippen molar-refractivity contribution in [2.45, 2.75) is 46.7 Å². The van der Waals surface area contributed by atoms with E-state index in [1.54, 1.807) is 16.7 Å². The molecule has 0 radical (unpaired) electrons. The minimum absolute atomic E-state index is 0.179. The Morgan fingerprint density at radius 1 is 1.00 bits per heavy atom. The van der Waals surface area contributed by atoms with E-state index in [9.17, 15) is 8.42 Å². The van der Waals surface area contributed by atoms with Crippen LogP contribution in [0, 0.1) is 5.92 Å². The van der Waals surface area contributed by atoms with E-state index < -0.39 is 10.0 Å². The highest BCUT2D eigenvalue weighted by molar-refractivity contribution is 7.89. The highest BCUT2D eigenvalue weighted by Crippen LogP contribution is 2.17. The number of sulfonamides is 1. The predicted molar refractivity (Wildman–Crippen MR) is 103 cm³/mol. The molecule has 4 nitrogen and oxygen atoms in total. The molecule has 0 saturated heterocycles. The molecule has 136 valence electrons. The number of rotatable bonds is 9. The van der Waals surface area contributed by atoms with E-state index in [1.807, 2.05) is 38.1 Å². The molecule has 0 N–H and O–H groups in total. The Morgan fingerprint density at radius 2 is 1.64 bits per heavy atom. The third-order valence-corrected chi connectivity index (χ3v) is 6.02. The first-order valence-electron chi connectivity index (χ1n) is 8.85. The second-order valence-electron chi connectivity index (χ2n) is 6.80. The van der Waals surface area contributed by atoms with Crippen molar-refractivity contribution in [1.82, 2.24) is 9.29 Å². The zero-order valence-corrected chi connectivity index (χ0v) is 16.2. The van der Waals surface area contributed by atoms with E-state index in [-0.39, 0.29) is 5.75 Å². The Bertz CT molecular complexity index is 741. The molecule has 2 rings (SSSR count). The number of nitrogens with zero attached hydrogens (tertiary/aromatic N) is 2. The third-order valence-electron chi connectivity index (χ3n) is 4.22. The van der Waals surface area contributed by atoms with Gasteiger partial charge in [0, 0.05) is 25.5 Å². The van der Waals surface area contributed by atoms with Crippen LogP contribution in [0.4, 0.5) is 0 Å². The molecule has 25 heavy (non-hydrogen) atoms. The van der Waals surface area contributed by atoms with Crippen molar-refractivity contribution >= 4 is 10.0 Å². The lowest BCUT2D eigenvalue weighted by molar-refractivity contribution is 0.397. The summed E-state index contributed by atoms with van der Waals surface area (Å²) < 4.78 is 27.3. The van der Waals surface area contributed by atoms with Crippen LogP contribution < -0.4 is 0 Å². The van der Waals surface area contributed by atoms with Gasteiger partial charge in [-0.25, -0.2) is 8.42 Å². The minimum atomic E-state index is -3.32. The van der Waals surface area contributed by atoms with Crippen molar-refractivity contribution in [3.05, 3.63) is 65.5 Å². The summed E-state index contributed by atoms with van der Waals surface area (Å²) in [6.07, 6.45) is 5.07. The van der Waals surface area contributed by atoms with Gasteiger partial charge < -0.3 is 0 Å². The fourth-order valence-electron chi connectivity index (χ4n) is 2.55. The van der Waals surface area contributed by atoms with Gasteiger partial charge in [-0.3, -0.25) is 4.98 Å². The van der Waals surface area contributed by atoms with Crippen LogP contribution in [0.15, 0.2) is 48.8 Å². The average molecular weight is 361 g/mol. The summed E-state index contributed by atoms with van der Waals surface area (Å²) in [5, 5.41) is 0. The zero-order valence-electron chi connectivity index (χ0n) is 15.4. The normalized spacial score (nSPS) is 12.0. The van der Waals surface area contributed by atoms with Crippen molar-refractivity contribution in [2.75, 3.05) is 5.75 Å². The quantitative estimate of drug-likeness (QED) is 0.678. The first-order chi connectivity index (χ1) is 11.9. The topological polar surface area (TPSA) is 50.3 Å². The number of benzene rings is 1. The summed E-state index contributed by atoms with van der Waals surface area (Å²) in [6, 6.07) is 11.9. The molecular formula is C20H28N2O2S. The summed E-state index contributed by atoms with van der Waals surface area (Å²) in [7, 11) is -3.32. The molecule has 0 amide bonds. The summed E-state index contributed by atoms with van der Waals surface area (Å²) in [5.74, 6) is 0.539. The molecule has 0 aliphatic heterocycles. The molecule has 1 aromatic heterocycles. The van der Waals surface area contributed by atoms with E-state index in [1.165, 1.54) is 5.56 Å². The average Bonchev–Trinajstić information content (AvgIpc) is 2.61. The maximum absolute atomic E-state index is 12.9. The Hall–Kier alpha value is -1.72. The molecule has 0 spiro atoms. The largest absolute Gasteiger partial charge is 0.264 e. The number of pyridine rings is 1. The summed E-state index contributed by atoms with van der Waals surface area (Å²) in [6.45, 7) is 6.94. The Labute approximate surface area is 152 Å². The lowest BCUT2D eigenvalue weighted by Gasteiger charge is -2.23. The molecule has 0 aliphatic carbocycles. The monoisotopic (exact) mass is 360 g/mol. The molecule has 0 aliphatic rings. The molecule has 0 saturated carbocycles. The molecule has 0 unspecified atom stereocenters. The van der Waals surface area contributed by atoms with E-state index in [2.05, 4.69) is 24.0 Å². The van der Waals surface area contributed by atoms with Gasteiger partial charge in [-0.1, -0.05) is 51.1 Å². The van der Waals surface area contributed by atoms with Crippen LogP contribution in [0.1, 0.15) is 43.9 Å². The fraction of sp³-hybridized carbons (Fsp3) is 0.450. The highest BCUT2D eigenvalue weighted by atomic mass is 32.2.